The first kappa shape index (κ1) is 22.9. The van der Waals surface area contributed by atoms with Gasteiger partial charge in [-0.2, -0.15) is 0 Å². The molecule has 0 spiro atoms. The number of hydrogen-bond acceptors (Lipinski definition) is 4. The number of oxazole rings is 1. The van der Waals surface area contributed by atoms with Crippen LogP contribution in [0.4, 0.5) is 0 Å². The molecule has 0 radical (unpaired) electrons. The summed E-state index contributed by atoms with van der Waals surface area (Å²) in [5.41, 5.74) is 10.7. The van der Waals surface area contributed by atoms with E-state index in [0.29, 0.717) is 17.0 Å². The fourth-order valence-electron chi connectivity index (χ4n) is 5.33. The Hall–Kier alpha value is -5.22. The third-order valence-corrected chi connectivity index (χ3v) is 7.22. The molecular formula is C35H24N2O2. The predicted octanol–water partition coefficient (Wildman–Crippen LogP) is 9.06. The number of aromatic nitrogens is 2. The normalized spacial score (nSPS) is 11.3. The molecule has 0 aliphatic carbocycles. The Balaban J connectivity index is 1.38. The molecule has 5 aromatic carbocycles. The van der Waals surface area contributed by atoms with E-state index in [0.717, 1.165) is 38.7 Å². The average molecular weight is 505 g/mol. The summed E-state index contributed by atoms with van der Waals surface area (Å²) >= 11 is 0. The van der Waals surface area contributed by atoms with Gasteiger partial charge in [0.25, 0.3) is 0 Å². The maximum absolute atomic E-state index is 10.3. The smallest absolute Gasteiger partial charge is 0.231 e. The molecule has 0 aliphatic rings. The monoisotopic (exact) mass is 504 g/mol. The van der Waals surface area contributed by atoms with Gasteiger partial charge in [-0.05, 0) is 65.1 Å². The number of fused-ring (bicyclic) bond motifs is 2. The van der Waals surface area contributed by atoms with Gasteiger partial charge in [-0.1, -0.05) is 84.9 Å². The van der Waals surface area contributed by atoms with Gasteiger partial charge in [0.15, 0.2) is 5.58 Å². The van der Waals surface area contributed by atoms with E-state index in [1.807, 2.05) is 30.5 Å². The van der Waals surface area contributed by atoms with Crippen molar-refractivity contribution in [1.82, 2.24) is 9.97 Å². The highest BCUT2D eigenvalue weighted by atomic mass is 16.3. The Morgan fingerprint density at radius 3 is 2.10 bits per heavy atom. The van der Waals surface area contributed by atoms with Gasteiger partial charge in [-0.3, -0.25) is 4.98 Å². The van der Waals surface area contributed by atoms with Crippen LogP contribution in [0.15, 0.2) is 126 Å². The lowest BCUT2D eigenvalue weighted by molar-refractivity contribution is 0.474. The molecule has 1 N–H and O–H groups in total. The molecule has 0 bridgehead atoms. The molecule has 2 aromatic heterocycles. The molecule has 4 nitrogen and oxygen atoms in total. The number of hydrogen-bond donors (Lipinski definition) is 1. The van der Waals surface area contributed by atoms with Crippen molar-refractivity contribution >= 4 is 22.0 Å². The molecule has 186 valence electrons. The Labute approximate surface area is 225 Å². The van der Waals surface area contributed by atoms with Crippen LogP contribution in [-0.2, 0) is 0 Å². The van der Waals surface area contributed by atoms with Gasteiger partial charge >= 0.3 is 0 Å². The van der Waals surface area contributed by atoms with Crippen LogP contribution in [0.5, 0.6) is 5.75 Å². The van der Waals surface area contributed by atoms with Gasteiger partial charge in [-0.25, -0.2) is 4.98 Å². The maximum Gasteiger partial charge on any atom is 0.231 e. The molecule has 0 atom stereocenters. The first-order valence-electron chi connectivity index (χ1n) is 12.9. The van der Waals surface area contributed by atoms with Crippen LogP contribution in [0, 0.1) is 6.92 Å². The second-order valence-electron chi connectivity index (χ2n) is 9.65. The Morgan fingerprint density at radius 2 is 1.28 bits per heavy atom. The number of phenolic OH excluding ortho intramolecular Hbond substituents is 1. The molecule has 0 aliphatic heterocycles. The van der Waals surface area contributed by atoms with E-state index in [2.05, 4.69) is 79.7 Å². The maximum atomic E-state index is 10.3. The average Bonchev–Trinajstić information content (AvgIpc) is 3.42. The van der Waals surface area contributed by atoms with E-state index in [-0.39, 0.29) is 5.75 Å². The van der Waals surface area contributed by atoms with Gasteiger partial charge in [0, 0.05) is 22.7 Å². The molecule has 4 heteroatoms. The Morgan fingerprint density at radius 1 is 0.590 bits per heavy atom. The predicted molar refractivity (Wildman–Crippen MR) is 157 cm³/mol. The number of aromatic hydroxyl groups is 1. The largest absolute Gasteiger partial charge is 0.507 e. The summed E-state index contributed by atoms with van der Waals surface area (Å²) in [5, 5.41) is 11.5. The van der Waals surface area contributed by atoms with Crippen LogP contribution in [0.25, 0.3) is 66.8 Å². The van der Waals surface area contributed by atoms with E-state index in [1.54, 1.807) is 18.2 Å². The minimum absolute atomic E-state index is 0.140. The summed E-state index contributed by atoms with van der Waals surface area (Å²) in [4.78, 5) is 9.64. The standard InChI is InChI=1S/C35H24N2O2/c1-22-17-18-28(34-32(22)26(19-20-36-34)23-9-3-2-4-10-23)25-12-7-11-24(21-25)27-14-8-16-31-33(27)37-35(39-31)29-13-5-6-15-30(29)38/h2-21,38H,1H3. The molecule has 39 heavy (non-hydrogen) atoms. The van der Waals surface area contributed by atoms with Crippen molar-refractivity contribution in [3.05, 3.63) is 127 Å². The van der Waals surface area contributed by atoms with Crippen LogP contribution >= 0.6 is 0 Å². The number of phenols is 1. The zero-order valence-corrected chi connectivity index (χ0v) is 21.3. The highest BCUT2D eigenvalue weighted by molar-refractivity contribution is 6.04. The van der Waals surface area contributed by atoms with Crippen molar-refractivity contribution in [2.75, 3.05) is 0 Å². The number of benzene rings is 5. The Kier molecular flexibility index (Phi) is 5.45. The quantitative estimate of drug-likeness (QED) is 0.260. The Bertz CT molecular complexity index is 1990. The van der Waals surface area contributed by atoms with E-state index in [9.17, 15) is 5.11 Å². The lowest BCUT2D eigenvalue weighted by atomic mass is 9.92. The minimum atomic E-state index is 0.140. The van der Waals surface area contributed by atoms with Crippen LogP contribution in [0.3, 0.4) is 0 Å². The number of aryl methyl sites for hydroxylation is 1. The number of rotatable bonds is 4. The number of para-hydroxylation sites is 2. The zero-order chi connectivity index (χ0) is 26.3. The lowest BCUT2D eigenvalue weighted by Crippen LogP contribution is -1.91. The first-order valence-corrected chi connectivity index (χ1v) is 12.9. The third kappa shape index (κ3) is 3.94. The summed E-state index contributed by atoms with van der Waals surface area (Å²) in [6.45, 7) is 2.14. The second kappa shape index (κ2) is 9.26. The highest BCUT2D eigenvalue weighted by Crippen LogP contribution is 2.38. The van der Waals surface area contributed by atoms with Crippen molar-refractivity contribution in [2.45, 2.75) is 6.92 Å². The van der Waals surface area contributed by atoms with E-state index in [4.69, 9.17) is 14.4 Å². The van der Waals surface area contributed by atoms with E-state index < -0.39 is 0 Å². The van der Waals surface area contributed by atoms with Crippen molar-refractivity contribution in [1.29, 1.82) is 0 Å². The first-order chi connectivity index (χ1) is 19.2. The zero-order valence-electron chi connectivity index (χ0n) is 21.3. The van der Waals surface area contributed by atoms with Gasteiger partial charge in [0.1, 0.15) is 11.3 Å². The summed E-state index contributed by atoms with van der Waals surface area (Å²) < 4.78 is 6.06. The molecular weight excluding hydrogens is 480 g/mol. The van der Waals surface area contributed by atoms with Crippen molar-refractivity contribution in [3.8, 4) is 50.6 Å². The minimum Gasteiger partial charge on any atom is -0.507 e. The lowest BCUT2D eigenvalue weighted by Gasteiger charge is -2.14. The van der Waals surface area contributed by atoms with Crippen LogP contribution in [-0.4, -0.2) is 15.1 Å². The summed E-state index contributed by atoms with van der Waals surface area (Å²) in [6, 6.07) is 38.4. The van der Waals surface area contributed by atoms with Crippen molar-refractivity contribution < 1.29 is 9.52 Å². The molecule has 7 rings (SSSR count). The summed E-state index contributed by atoms with van der Waals surface area (Å²) in [5.74, 6) is 0.537. The van der Waals surface area contributed by atoms with Gasteiger partial charge < -0.3 is 9.52 Å². The SMILES string of the molecule is Cc1ccc(-c2cccc(-c3cccc4oc(-c5ccccc5O)nc34)c2)c2nccc(-c3ccccc3)c12. The second-order valence-corrected chi connectivity index (χ2v) is 9.65. The fraction of sp³-hybridized carbons (Fsp3) is 0.0286. The highest BCUT2D eigenvalue weighted by Gasteiger charge is 2.17. The van der Waals surface area contributed by atoms with E-state index >= 15 is 0 Å². The molecule has 0 unspecified atom stereocenters. The van der Waals surface area contributed by atoms with Crippen molar-refractivity contribution in [3.63, 3.8) is 0 Å². The van der Waals surface area contributed by atoms with Crippen LogP contribution in [0.2, 0.25) is 0 Å². The van der Waals surface area contributed by atoms with E-state index in [1.165, 1.54) is 16.7 Å². The molecule has 0 fully saturated rings. The van der Waals surface area contributed by atoms with Gasteiger partial charge in [0.2, 0.25) is 5.89 Å². The van der Waals surface area contributed by atoms with Gasteiger partial charge in [0.05, 0.1) is 11.1 Å². The number of nitrogens with zero attached hydrogens (tertiary/aromatic N) is 2. The fourth-order valence-corrected chi connectivity index (χ4v) is 5.33. The molecule has 7 aromatic rings. The van der Waals surface area contributed by atoms with Crippen molar-refractivity contribution in [2.24, 2.45) is 0 Å². The van der Waals surface area contributed by atoms with Crippen LogP contribution in [0.1, 0.15) is 5.56 Å². The molecule has 0 saturated carbocycles. The van der Waals surface area contributed by atoms with Gasteiger partial charge in [-0.15, -0.1) is 0 Å². The summed E-state index contributed by atoms with van der Waals surface area (Å²) in [6.07, 6.45) is 1.90. The summed E-state index contributed by atoms with van der Waals surface area (Å²) in [7, 11) is 0. The van der Waals surface area contributed by atoms with Crippen LogP contribution < -0.4 is 0 Å². The number of pyridine rings is 1. The molecule has 0 saturated heterocycles. The molecule has 2 heterocycles. The third-order valence-electron chi connectivity index (χ3n) is 7.22. The molecule has 0 amide bonds. The topological polar surface area (TPSA) is 59.2 Å².